The summed E-state index contributed by atoms with van der Waals surface area (Å²) < 4.78 is 0.607. The second-order valence-corrected chi connectivity index (χ2v) is 4.53. The Morgan fingerprint density at radius 1 is 1.60 bits per heavy atom. The van der Waals surface area contributed by atoms with Crippen molar-refractivity contribution in [1.82, 2.24) is 0 Å². The van der Waals surface area contributed by atoms with Crippen molar-refractivity contribution < 1.29 is 5.11 Å². The highest BCUT2D eigenvalue weighted by Crippen LogP contribution is 2.37. The molecule has 0 aliphatic heterocycles. The molecular formula is C11H13BrClNO. The van der Waals surface area contributed by atoms with Crippen LogP contribution in [0.1, 0.15) is 24.4 Å². The molecule has 0 saturated heterocycles. The van der Waals surface area contributed by atoms with E-state index >= 15 is 0 Å². The zero-order chi connectivity index (χ0) is 11.4. The van der Waals surface area contributed by atoms with E-state index in [4.69, 9.17) is 17.3 Å². The molecule has 1 rings (SSSR count). The number of rotatable bonds is 4. The van der Waals surface area contributed by atoms with Crippen LogP contribution in [0.5, 0.6) is 5.75 Å². The second-order valence-electron chi connectivity index (χ2n) is 3.26. The predicted molar refractivity (Wildman–Crippen MR) is 67.2 cm³/mol. The molecule has 1 aromatic rings. The summed E-state index contributed by atoms with van der Waals surface area (Å²) in [4.78, 5) is 0. The van der Waals surface area contributed by atoms with Crippen LogP contribution in [-0.4, -0.2) is 5.11 Å². The smallest absolute Gasteiger partial charge is 0.136 e. The molecule has 82 valence electrons. The topological polar surface area (TPSA) is 46.2 Å². The third kappa shape index (κ3) is 2.97. The summed E-state index contributed by atoms with van der Waals surface area (Å²) in [6.07, 6.45) is 3.31. The monoisotopic (exact) mass is 289 g/mol. The highest BCUT2D eigenvalue weighted by molar-refractivity contribution is 9.10. The molecule has 0 fully saturated rings. The molecular weight excluding hydrogens is 277 g/mol. The number of aromatic hydroxyl groups is 1. The minimum absolute atomic E-state index is 0.124. The van der Waals surface area contributed by atoms with Crippen LogP contribution in [0.15, 0.2) is 29.3 Å². The van der Waals surface area contributed by atoms with Gasteiger partial charge in [0.1, 0.15) is 5.75 Å². The fourth-order valence-corrected chi connectivity index (χ4v) is 1.99. The highest BCUT2D eigenvalue weighted by Gasteiger charge is 2.16. The predicted octanol–water partition coefficient (Wildman–Crippen LogP) is 3.77. The van der Waals surface area contributed by atoms with Crippen LogP contribution in [0.4, 0.5) is 0 Å². The lowest BCUT2D eigenvalue weighted by molar-refractivity contribution is 0.455. The van der Waals surface area contributed by atoms with Gasteiger partial charge in [-0.15, -0.1) is 6.58 Å². The quantitative estimate of drug-likeness (QED) is 0.829. The molecule has 1 atom stereocenters. The summed E-state index contributed by atoms with van der Waals surface area (Å²) in [5.74, 6) is 0.124. The van der Waals surface area contributed by atoms with Gasteiger partial charge in [-0.2, -0.15) is 0 Å². The van der Waals surface area contributed by atoms with Crippen molar-refractivity contribution in [3.8, 4) is 5.75 Å². The number of benzene rings is 1. The molecule has 3 N–H and O–H groups in total. The maximum Gasteiger partial charge on any atom is 0.136 e. The maximum atomic E-state index is 9.81. The van der Waals surface area contributed by atoms with Gasteiger partial charge in [-0.05, 0) is 40.9 Å². The fraction of sp³-hybridized carbons (Fsp3) is 0.273. The molecule has 0 amide bonds. The van der Waals surface area contributed by atoms with Crippen molar-refractivity contribution in [2.24, 2.45) is 5.73 Å². The molecule has 0 radical (unpaired) electrons. The van der Waals surface area contributed by atoms with Gasteiger partial charge in [-0.3, -0.25) is 0 Å². The third-order valence-corrected chi connectivity index (χ3v) is 3.14. The summed E-state index contributed by atoms with van der Waals surface area (Å²) >= 11 is 9.22. The van der Waals surface area contributed by atoms with Crippen molar-refractivity contribution >= 4 is 27.5 Å². The Labute approximate surface area is 103 Å². The van der Waals surface area contributed by atoms with E-state index in [0.717, 1.165) is 6.42 Å². The van der Waals surface area contributed by atoms with Crippen LogP contribution in [0.3, 0.4) is 0 Å². The number of hydrogen-bond acceptors (Lipinski definition) is 2. The van der Waals surface area contributed by atoms with Crippen molar-refractivity contribution in [2.75, 3.05) is 0 Å². The molecule has 0 bridgehead atoms. The summed E-state index contributed by atoms with van der Waals surface area (Å²) in [6, 6.07) is 3.14. The Balaban J connectivity index is 3.01. The van der Waals surface area contributed by atoms with Crippen LogP contribution in [0.25, 0.3) is 0 Å². The minimum Gasteiger partial charge on any atom is -0.506 e. The molecule has 0 aromatic heterocycles. The van der Waals surface area contributed by atoms with E-state index in [-0.39, 0.29) is 11.8 Å². The Hall–Kier alpha value is -0.510. The molecule has 2 nitrogen and oxygen atoms in total. The van der Waals surface area contributed by atoms with Gasteiger partial charge in [-0.25, -0.2) is 0 Å². The SMILES string of the molecule is C=CCC[C@@H](N)c1c(Cl)ccc(Br)c1O. The van der Waals surface area contributed by atoms with Gasteiger partial charge in [0.25, 0.3) is 0 Å². The Kier molecular flexibility index (Phi) is 4.64. The molecule has 0 aliphatic rings. The summed E-state index contributed by atoms with van der Waals surface area (Å²) in [5.41, 5.74) is 6.53. The van der Waals surface area contributed by atoms with E-state index in [9.17, 15) is 5.11 Å². The van der Waals surface area contributed by atoms with Gasteiger partial charge >= 0.3 is 0 Å². The van der Waals surface area contributed by atoms with Crippen LogP contribution in [0, 0.1) is 0 Å². The molecule has 0 unspecified atom stereocenters. The summed E-state index contributed by atoms with van der Waals surface area (Å²) in [5, 5.41) is 10.3. The third-order valence-electron chi connectivity index (χ3n) is 2.17. The normalized spacial score (nSPS) is 12.5. The molecule has 4 heteroatoms. The first-order chi connectivity index (χ1) is 7.07. The van der Waals surface area contributed by atoms with Crippen LogP contribution >= 0.6 is 27.5 Å². The zero-order valence-electron chi connectivity index (χ0n) is 8.21. The van der Waals surface area contributed by atoms with E-state index in [1.165, 1.54) is 0 Å². The van der Waals surface area contributed by atoms with E-state index in [0.29, 0.717) is 21.5 Å². The number of phenolic OH excluding ortho intramolecular Hbond substituents is 1. The number of nitrogens with two attached hydrogens (primary N) is 1. The Bertz CT molecular complexity index is 368. The van der Waals surface area contributed by atoms with E-state index in [1.807, 2.05) is 0 Å². The largest absolute Gasteiger partial charge is 0.506 e. The van der Waals surface area contributed by atoms with Crippen molar-refractivity contribution in [3.63, 3.8) is 0 Å². The molecule has 1 aromatic carbocycles. The van der Waals surface area contributed by atoms with E-state index < -0.39 is 0 Å². The lowest BCUT2D eigenvalue weighted by Crippen LogP contribution is -2.10. The zero-order valence-corrected chi connectivity index (χ0v) is 10.6. The lowest BCUT2D eigenvalue weighted by atomic mass is 10.0. The van der Waals surface area contributed by atoms with Gasteiger partial charge in [0.05, 0.1) is 4.47 Å². The lowest BCUT2D eigenvalue weighted by Gasteiger charge is -2.15. The minimum atomic E-state index is -0.270. The highest BCUT2D eigenvalue weighted by atomic mass is 79.9. The maximum absolute atomic E-state index is 9.81. The van der Waals surface area contributed by atoms with Crippen molar-refractivity contribution in [3.05, 3.63) is 39.8 Å². The first-order valence-corrected chi connectivity index (χ1v) is 5.78. The molecule has 0 saturated carbocycles. The van der Waals surface area contributed by atoms with E-state index in [2.05, 4.69) is 22.5 Å². The van der Waals surface area contributed by atoms with Gasteiger partial charge < -0.3 is 10.8 Å². The van der Waals surface area contributed by atoms with Crippen molar-refractivity contribution in [2.45, 2.75) is 18.9 Å². The molecule has 0 spiro atoms. The van der Waals surface area contributed by atoms with Gasteiger partial charge in [0, 0.05) is 16.6 Å². The fourth-order valence-electron chi connectivity index (χ4n) is 1.35. The van der Waals surface area contributed by atoms with Crippen LogP contribution in [0.2, 0.25) is 5.02 Å². The summed E-state index contributed by atoms with van der Waals surface area (Å²) in [6.45, 7) is 3.63. The number of phenols is 1. The van der Waals surface area contributed by atoms with Gasteiger partial charge in [0.15, 0.2) is 0 Å². The van der Waals surface area contributed by atoms with Crippen molar-refractivity contribution in [1.29, 1.82) is 0 Å². The first kappa shape index (κ1) is 12.6. The number of hydrogen-bond donors (Lipinski definition) is 2. The average Bonchev–Trinajstić information content (AvgIpc) is 2.21. The van der Waals surface area contributed by atoms with E-state index in [1.54, 1.807) is 18.2 Å². The van der Waals surface area contributed by atoms with Gasteiger partial charge in [-0.1, -0.05) is 17.7 Å². The molecule has 0 aliphatic carbocycles. The second kappa shape index (κ2) is 5.54. The molecule has 15 heavy (non-hydrogen) atoms. The average molecular weight is 291 g/mol. The Morgan fingerprint density at radius 3 is 2.87 bits per heavy atom. The van der Waals surface area contributed by atoms with Gasteiger partial charge in [0.2, 0.25) is 0 Å². The number of allylic oxidation sites excluding steroid dienone is 1. The van der Waals surface area contributed by atoms with Crippen LogP contribution in [-0.2, 0) is 0 Å². The Morgan fingerprint density at radius 2 is 2.27 bits per heavy atom. The number of halogens is 2. The first-order valence-electron chi connectivity index (χ1n) is 4.61. The summed E-state index contributed by atoms with van der Waals surface area (Å²) in [7, 11) is 0. The standard InChI is InChI=1S/C11H13BrClNO/c1-2-3-4-9(14)10-8(13)6-5-7(12)11(10)15/h2,5-6,9,15H,1,3-4,14H2/t9-/m1/s1. The van der Waals surface area contributed by atoms with Crippen LogP contribution < -0.4 is 5.73 Å². The molecule has 0 heterocycles.